The van der Waals surface area contributed by atoms with E-state index in [2.05, 4.69) is 16.4 Å². The van der Waals surface area contributed by atoms with E-state index in [1.807, 2.05) is 0 Å². The van der Waals surface area contributed by atoms with Crippen LogP contribution in [0.5, 0.6) is 0 Å². The van der Waals surface area contributed by atoms with E-state index in [0.717, 1.165) is 18.4 Å². The lowest BCUT2D eigenvalue weighted by atomic mass is 10.0. The summed E-state index contributed by atoms with van der Waals surface area (Å²) in [6.45, 7) is 2.23. The summed E-state index contributed by atoms with van der Waals surface area (Å²) in [7, 11) is -3.86. The predicted molar refractivity (Wildman–Crippen MR) is 93.7 cm³/mol. The zero-order valence-electron chi connectivity index (χ0n) is 13.9. The molecule has 1 rings (SSSR count). The summed E-state index contributed by atoms with van der Waals surface area (Å²) in [5.41, 5.74) is 9.36. The second-order valence-electron chi connectivity index (χ2n) is 5.87. The number of nitrogens with zero attached hydrogens (tertiary/aromatic N) is 3. The molecule has 0 radical (unpaired) electrons. The van der Waals surface area contributed by atoms with Gasteiger partial charge in [0.25, 0.3) is 10.0 Å². The van der Waals surface area contributed by atoms with Gasteiger partial charge in [-0.05, 0) is 36.1 Å². The molecule has 6 heteroatoms. The Bertz CT molecular complexity index is 591. The molecule has 0 aliphatic carbocycles. The number of aryl methyl sites for hydroxylation is 1. The van der Waals surface area contributed by atoms with E-state index < -0.39 is 10.0 Å². The Labute approximate surface area is 139 Å². The maximum atomic E-state index is 11.5. The summed E-state index contributed by atoms with van der Waals surface area (Å²) in [5, 5.41) is 0. The number of hydrogen-bond acceptors (Lipinski definition) is 2. The highest BCUT2D eigenvalue weighted by molar-refractivity contribution is 7.90. The predicted octanol–water partition coefficient (Wildman–Crippen LogP) is 5.76. The van der Waals surface area contributed by atoms with Gasteiger partial charge < -0.3 is 0 Å². The van der Waals surface area contributed by atoms with Crippen LogP contribution < -0.4 is 0 Å². The van der Waals surface area contributed by atoms with Crippen LogP contribution in [-0.4, -0.2) is 8.42 Å². The monoisotopic (exact) mass is 337 g/mol. The van der Waals surface area contributed by atoms with Crippen molar-refractivity contribution in [2.45, 2.75) is 76.0 Å². The molecule has 1 aromatic rings. The van der Waals surface area contributed by atoms with Crippen molar-refractivity contribution in [3.63, 3.8) is 0 Å². The van der Waals surface area contributed by atoms with Gasteiger partial charge in [-0.25, -0.2) is 8.42 Å². The molecule has 0 bridgehead atoms. The molecule has 0 atom stereocenters. The molecule has 0 aliphatic heterocycles. The average Bonchev–Trinajstić information content (AvgIpc) is 2.54. The Morgan fingerprint density at radius 2 is 1.43 bits per heavy atom. The van der Waals surface area contributed by atoms with Crippen LogP contribution in [0.15, 0.2) is 33.7 Å². The lowest BCUT2D eigenvalue weighted by molar-refractivity contribution is 0.565. The van der Waals surface area contributed by atoms with Crippen molar-refractivity contribution in [2.75, 3.05) is 0 Å². The lowest BCUT2D eigenvalue weighted by Crippen LogP contribution is -1.95. The van der Waals surface area contributed by atoms with Crippen LogP contribution in [0.1, 0.15) is 70.3 Å². The SMILES string of the molecule is CCCCCCCCCCCc1ccc(S(=O)(=O)N=[N+]=[N-])cc1. The molecule has 0 N–H and O–H groups in total. The minimum atomic E-state index is -3.86. The van der Waals surface area contributed by atoms with Crippen LogP contribution in [0.3, 0.4) is 0 Å². The maximum Gasteiger partial charge on any atom is 0.264 e. The Hall–Kier alpha value is -1.52. The van der Waals surface area contributed by atoms with Gasteiger partial charge in [-0.3, -0.25) is 0 Å². The van der Waals surface area contributed by atoms with Gasteiger partial charge in [0.05, 0.1) is 4.90 Å². The van der Waals surface area contributed by atoms with Crippen molar-refractivity contribution in [1.29, 1.82) is 0 Å². The van der Waals surface area contributed by atoms with Crippen molar-refractivity contribution in [3.05, 3.63) is 40.3 Å². The number of sulfonamides is 1. The van der Waals surface area contributed by atoms with Crippen molar-refractivity contribution in [3.8, 4) is 0 Å². The summed E-state index contributed by atoms with van der Waals surface area (Å²) < 4.78 is 25.9. The van der Waals surface area contributed by atoms with Gasteiger partial charge in [0, 0.05) is 9.43 Å². The van der Waals surface area contributed by atoms with Gasteiger partial charge in [0.2, 0.25) is 0 Å². The minimum Gasteiger partial charge on any atom is -0.216 e. The van der Waals surface area contributed by atoms with Crippen LogP contribution in [0.2, 0.25) is 0 Å². The number of azide groups is 1. The Kier molecular flexibility index (Phi) is 9.41. The van der Waals surface area contributed by atoms with E-state index >= 15 is 0 Å². The van der Waals surface area contributed by atoms with Crippen molar-refractivity contribution in [1.82, 2.24) is 0 Å². The van der Waals surface area contributed by atoms with Gasteiger partial charge in [0.15, 0.2) is 0 Å². The molecule has 0 spiro atoms. The van der Waals surface area contributed by atoms with E-state index in [-0.39, 0.29) is 4.90 Å². The van der Waals surface area contributed by atoms with Crippen molar-refractivity contribution in [2.24, 2.45) is 4.52 Å². The Morgan fingerprint density at radius 3 is 1.96 bits per heavy atom. The maximum absolute atomic E-state index is 11.5. The summed E-state index contributed by atoms with van der Waals surface area (Å²) in [5.74, 6) is 0. The topological polar surface area (TPSA) is 82.9 Å². The zero-order valence-corrected chi connectivity index (χ0v) is 14.8. The first-order valence-electron chi connectivity index (χ1n) is 8.50. The third kappa shape index (κ3) is 8.05. The fourth-order valence-corrected chi connectivity index (χ4v) is 3.23. The summed E-state index contributed by atoms with van der Waals surface area (Å²) >= 11 is 0. The zero-order chi connectivity index (χ0) is 17.0. The molecule has 1 aromatic carbocycles. The minimum absolute atomic E-state index is 0.0473. The molecule has 128 valence electrons. The fraction of sp³-hybridized carbons (Fsp3) is 0.647. The second kappa shape index (κ2) is 11.1. The van der Waals surface area contributed by atoms with Crippen molar-refractivity contribution < 1.29 is 8.42 Å². The molecule has 0 saturated heterocycles. The number of benzene rings is 1. The quantitative estimate of drug-likeness (QED) is 0.210. The lowest BCUT2D eigenvalue weighted by Gasteiger charge is -2.04. The average molecular weight is 337 g/mol. The highest BCUT2D eigenvalue weighted by atomic mass is 32.2. The van der Waals surface area contributed by atoms with Crippen molar-refractivity contribution >= 4 is 10.0 Å². The smallest absolute Gasteiger partial charge is 0.216 e. The molecule has 0 fully saturated rings. The fourth-order valence-electron chi connectivity index (χ4n) is 2.56. The second-order valence-corrected chi connectivity index (χ2v) is 7.45. The van der Waals surface area contributed by atoms with E-state index in [9.17, 15) is 8.42 Å². The van der Waals surface area contributed by atoms with Crippen LogP contribution in [0, 0.1) is 0 Å². The van der Waals surface area contributed by atoms with Gasteiger partial charge >= 0.3 is 0 Å². The highest BCUT2D eigenvalue weighted by Gasteiger charge is 2.10. The first-order chi connectivity index (χ1) is 11.1. The molecule has 0 aliphatic rings. The van der Waals surface area contributed by atoms with Gasteiger partial charge in [-0.2, -0.15) is 0 Å². The first-order valence-corrected chi connectivity index (χ1v) is 9.94. The largest absolute Gasteiger partial charge is 0.264 e. The number of hydrogen-bond donors (Lipinski definition) is 0. The molecular weight excluding hydrogens is 310 g/mol. The standard InChI is InChI=1S/C17H27N3O2S/c1-2-3-4-5-6-7-8-9-10-11-16-12-14-17(15-13-16)23(21,22)20-19-18/h12-15H,2-11H2,1H3. The van der Waals surface area contributed by atoms with Crippen LogP contribution in [0.25, 0.3) is 10.4 Å². The van der Waals surface area contributed by atoms with Crippen LogP contribution in [-0.2, 0) is 16.4 Å². The van der Waals surface area contributed by atoms with Crippen LogP contribution >= 0.6 is 0 Å². The molecule has 0 saturated carbocycles. The van der Waals surface area contributed by atoms with Gasteiger partial charge in [-0.1, -0.05) is 70.4 Å². The van der Waals surface area contributed by atoms with E-state index in [0.29, 0.717) is 0 Å². The Morgan fingerprint density at radius 1 is 0.913 bits per heavy atom. The third-order valence-corrected chi connectivity index (χ3v) is 5.09. The molecule has 5 nitrogen and oxygen atoms in total. The molecule has 0 unspecified atom stereocenters. The number of rotatable bonds is 12. The summed E-state index contributed by atoms with van der Waals surface area (Å²) in [4.78, 5) is 2.39. The first kappa shape index (κ1) is 19.5. The van der Waals surface area contributed by atoms with Gasteiger partial charge in [0.1, 0.15) is 0 Å². The van der Waals surface area contributed by atoms with E-state index in [4.69, 9.17) is 5.53 Å². The molecule has 23 heavy (non-hydrogen) atoms. The molecule has 0 amide bonds. The normalized spacial score (nSPS) is 11.2. The van der Waals surface area contributed by atoms with Gasteiger partial charge in [-0.15, -0.1) is 0 Å². The summed E-state index contributed by atoms with van der Waals surface area (Å²) in [6.07, 6.45) is 12.6. The number of unbranched alkanes of at least 4 members (excludes halogenated alkanes) is 8. The Balaban J connectivity index is 2.23. The van der Waals surface area contributed by atoms with E-state index in [1.165, 1.54) is 63.5 Å². The summed E-state index contributed by atoms with van der Waals surface area (Å²) in [6, 6.07) is 6.61. The molecular formula is C17H27N3O2S. The van der Waals surface area contributed by atoms with Crippen LogP contribution in [0.4, 0.5) is 0 Å². The van der Waals surface area contributed by atoms with E-state index in [1.54, 1.807) is 12.1 Å². The highest BCUT2D eigenvalue weighted by Crippen LogP contribution is 2.16. The molecule has 0 heterocycles. The molecule has 0 aromatic heterocycles. The third-order valence-electron chi connectivity index (χ3n) is 3.93.